The summed E-state index contributed by atoms with van der Waals surface area (Å²) in [6.45, 7) is 0.107. The van der Waals surface area contributed by atoms with Crippen molar-refractivity contribution < 1.29 is 28.2 Å². The van der Waals surface area contributed by atoms with Crippen molar-refractivity contribution in [3.63, 3.8) is 0 Å². The molecule has 4 unspecified atom stereocenters. The van der Waals surface area contributed by atoms with Crippen LogP contribution in [0.15, 0.2) is 54.6 Å². The van der Waals surface area contributed by atoms with Crippen LogP contribution in [0.25, 0.3) is 6.08 Å². The molecule has 0 amide bonds. The number of ether oxygens (including phenoxy) is 1. The molecule has 1 aliphatic carbocycles. The van der Waals surface area contributed by atoms with Crippen molar-refractivity contribution >= 4 is 22.1 Å². The molecular formula is C22H23NO6S. The predicted molar refractivity (Wildman–Crippen MR) is 111 cm³/mol. The molecule has 4 atom stereocenters. The number of rotatable bonds is 7. The maximum atomic E-state index is 12.5. The van der Waals surface area contributed by atoms with Crippen LogP contribution in [0.4, 0.5) is 0 Å². The third-order valence-corrected chi connectivity index (χ3v) is 7.00. The van der Waals surface area contributed by atoms with E-state index in [9.17, 15) is 18.3 Å². The third-order valence-electron chi connectivity index (χ3n) is 5.68. The smallest absolute Gasteiger partial charge is 0.328 e. The van der Waals surface area contributed by atoms with Crippen LogP contribution < -0.4 is 9.46 Å². The minimum atomic E-state index is -3.56. The number of aliphatic hydroxyl groups excluding tert-OH is 1. The van der Waals surface area contributed by atoms with E-state index in [1.807, 2.05) is 18.2 Å². The molecule has 1 saturated carbocycles. The number of aliphatic carboxylic acids is 1. The predicted octanol–water partition coefficient (Wildman–Crippen LogP) is 2.13. The molecule has 1 fully saturated rings. The molecule has 2 aromatic rings. The van der Waals surface area contributed by atoms with Gasteiger partial charge in [-0.25, -0.2) is 17.9 Å². The molecule has 1 heterocycles. The first kappa shape index (κ1) is 20.6. The second kappa shape index (κ2) is 8.22. The normalized spacial score (nSPS) is 25.1. The van der Waals surface area contributed by atoms with Gasteiger partial charge < -0.3 is 14.9 Å². The number of carboxylic acids is 1. The zero-order valence-corrected chi connectivity index (χ0v) is 17.0. The fraction of sp³-hybridized carbons (Fsp3) is 0.318. The average Bonchev–Trinajstić information content (AvgIpc) is 3.20. The van der Waals surface area contributed by atoms with Gasteiger partial charge in [-0.3, -0.25) is 0 Å². The van der Waals surface area contributed by atoms with Crippen molar-refractivity contribution in [3.05, 3.63) is 71.3 Å². The Balaban J connectivity index is 1.51. The summed E-state index contributed by atoms with van der Waals surface area (Å²) >= 11 is 0. The number of carboxylic acid groups (broad SMARTS) is 1. The van der Waals surface area contributed by atoms with Gasteiger partial charge in [-0.1, -0.05) is 48.5 Å². The lowest BCUT2D eigenvalue weighted by molar-refractivity contribution is -0.131. The van der Waals surface area contributed by atoms with Crippen LogP contribution in [0.3, 0.4) is 0 Å². The lowest BCUT2D eigenvalue weighted by Gasteiger charge is -2.21. The molecule has 30 heavy (non-hydrogen) atoms. The summed E-state index contributed by atoms with van der Waals surface area (Å²) in [6.07, 6.45) is 1.98. The first-order valence-corrected chi connectivity index (χ1v) is 11.4. The number of carbonyl (C=O) groups is 1. The van der Waals surface area contributed by atoms with Crippen LogP contribution in [-0.2, 0) is 20.6 Å². The van der Waals surface area contributed by atoms with Gasteiger partial charge in [0.05, 0.1) is 11.9 Å². The zero-order valence-electron chi connectivity index (χ0n) is 16.1. The average molecular weight is 429 g/mol. The van der Waals surface area contributed by atoms with Crippen LogP contribution in [0, 0.1) is 5.92 Å². The number of sulfonamides is 1. The first-order valence-electron chi connectivity index (χ1n) is 9.74. The largest absolute Gasteiger partial charge is 0.489 e. The molecule has 0 saturated heterocycles. The van der Waals surface area contributed by atoms with Gasteiger partial charge in [0.15, 0.2) is 0 Å². The maximum Gasteiger partial charge on any atom is 0.328 e. The summed E-state index contributed by atoms with van der Waals surface area (Å²) in [5.41, 5.74) is 2.22. The van der Waals surface area contributed by atoms with E-state index in [4.69, 9.17) is 9.84 Å². The van der Waals surface area contributed by atoms with E-state index in [1.165, 1.54) is 6.08 Å². The van der Waals surface area contributed by atoms with Gasteiger partial charge in [0.1, 0.15) is 11.9 Å². The summed E-state index contributed by atoms with van der Waals surface area (Å²) in [7, 11) is -3.56. The highest BCUT2D eigenvalue weighted by molar-refractivity contribution is 7.88. The van der Waals surface area contributed by atoms with Crippen LogP contribution in [0.2, 0.25) is 0 Å². The Hall–Kier alpha value is -2.68. The number of para-hydroxylation sites is 1. The van der Waals surface area contributed by atoms with E-state index >= 15 is 0 Å². The Morgan fingerprint density at radius 1 is 1.17 bits per heavy atom. The van der Waals surface area contributed by atoms with E-state index in [0.29, 0.717) is 23.3 Å². The molecule has 2 aromatic carbocycles. The number of benzene rings is 2. The van der Waals surface area contributed by atoms with Gasteiger partial charge in [0.25, 0.3) is 0 Å². The highest BCUT2D eigenvalue weighted by Crippen LogP contribution is 2.51. The summed E-state index contributed by atoms with van der Waals surface area (Å²) in [4.78, 5) is 10.8. The van der Waals surface area contributed by atoms with E-state index in [2.05, 4.69) is 4.72 Å². The van der Waals surface area contributed by atoms with Crippen molar-refractivity contribution in [3.8, 4) is 5.75 Å². The van der Waals surface area contributed by atoms with Gasteiger partial charge in [0.2, 0.25) is 10.0 Å². The van der Waals surface area contributed by atoms with Gasteiger partial charge >= 0.3 is 5.97 Å². The molecule has 1 aliphatic heterocycles. The monoisotopic (exact) mass is 429 g/mol. The molecular weight excluding hydrogens is 406 g/mol. The molecule has 0 bridgehead atoms. The molecule has 2 aliphatic rings. The second-order valence-electron chi connectivity index (χ2n) is 7.68. The van der Waals surface area contributed by atoms with Crippen molar-refractivity contribution in [2.75, 3.05) is 6.54 Å². The Labute approximate surface area is 175 Å². The number of fused-ring (bicyclic) bond motifs is 3. The Morgan fingerprint density at radius 2 is 1.93 bits per heavy atom. The standard InChI is InChI=1S/C22H23NO6S/c24-18-11-19-21(16-8-4-7-15(22(16)29-19)9-10-20(25)26)17(18)12-23-30(27,28)13-14-5-2-1-3-6-14/h1-10,17-19,21,23-24H,11-13H2,(H,25,26)/b10-9+. The van der Waals surface area contributed by atoms with Crippen molar-refractivity contribution in [2.24, 2.45) is 5.92 Å². The highest BCUT2D eigenvalue weighted by atomic mass is 32.2. The number of aliphatic hydroxyl groups is 1. The number of hydrogen-bond donors (Lipinski definition) is 3. The molecule has 4 rings (SSSR count). The molecule has 0 radical (unpaired) electrons. The molecule has 0 spiro atoms. The van der Waals surface area contributed by atoms with E-state index in [0.717, 1.165) is 11.6 Å². The van der Waals surface area contributed by atoms with Crippen molar-refractivity contribution in [1.29, 1.82) is 0 Å². The lowest BCUT2D eigenvalue weighted by Crippen LogP contribution is -2.35. The lowest BCUT2D eigenvalue weighted by atomic mass is 9.87. The fourth-order valence-electron chi connectivity index (χ4n) is 4.37. The zero-order chi connectivity index (χ0) is 21.3. The van der Waals surface area contributed by atoms with Gasteiger partial charge in [-0.05, 0) is 11.6 Å². The molecule has 8 heteroatoms. The fourth-order valence-corrected chi connectivity index (χ4v) is 5.55. The first-order chi connectivity index (χ1) is 14.3. The van der Waals surface area contributed by atoms with E-state index in [1.54, 1.807) is 30.3 Å². The quantitative estimate of drug-likeness (QED) is 0.581. The number of nitrogens with one attached hydrogen (secondary N) is 1. The van der Waals surface area contributed by atoms with E-state index < -0.39 is 22.1 Å². The SMILES string of the molecule is O=C(O)/C=C/c1cccc2c1OC1CC(O)C(CNS(=O)(=O)Cc3ccccc3)C21. The summed E-state index contributed by atoms with van der Waals surface area (Å²) in [6, 6.07) is 14.4. The minimum Gasteiger partial charge on any atom is -0.489 e. The van der Waals surface area contributed by atoms with Crippen LogP contribution >= 0.6 is 0 Å². The van der Waals surface area contributed by atoms with Gasteiger partial charge in [0, 0.05) is 42.0 Å². The van der Waals surface area contributed by atoms with E-state index in [-0.39, 0.29) is 30.2 Å². The number of hydrogen-bond acceptors (Lipinski definition) is 5. The topological polar surface area (TPSA) is 113 Å². The summed E-state index contributed by atoms with van der Waals surface area (Å²) < 4.78 is 33.7. The Kier molecular flexibility index (Phi) is 5.64. The van der Waals surface area contributed by atoms with Crippen LogP contribution in [-0.4, -0.2) is 43.4 Å². The maximum absolute atomic E-state index is 12.5. The highest BCUT2D eigenvalue weighted by Gasteiger charge is 2.49. The second-order valence-corrected chi connectivity index (χ2v) is 9.49. The van der Waals surface area contributed by atoms with Crippen LogP contribution in [0.1, 0.15) is 29.0 Å². The third kappa shape index (κ3) is 4.26. The summed E-state index contributed by atoms with van der Waals surface area (Å²) in [5.74, 6) is -1.06. The summed E-state index contributed by atoms with van der Waals surface area (Å²) in [5, 5.41) is 19.4. The van der Waals surface area contributed by atoms with Gasteiger partial charge in [-0.15, -0.1) is 0 Å². The molecule has 158 valence electrons. The van der Waals surface area contributed by atoms with Crippen molar-refractivity contribution in [1.82, 2.24) is 4.72 Å². The van der Waals surface area contributed by atoms with Crippen molar-refractivity contribution in [2.45, 2.75) is 30.3 Å². The molecule has 7 nitrogen and oxygen atoms in total. The Morgan fingerprint density at radius 3 is 2.67 bits per heavy atom. The minimum absolute atomic E-state index is 0.107. The van der Waals surface area contributed by atoms with Crippen LogP contribution in [0.5, 0.6) is 5.75 Å². The molecule has 0 aromatic heterocycles. The molecule has 3 N–H and O–H groups in total. The Bertz CT molecular complexity index is 1070. The van der Waals surface area contributed by atoms with Gasteiger partial charge in [-0.2, -0.15) is 0 Å².